The Morgan fingerprint density at radius 2 is 2.19 bits per heavy atom. The Hall–Kier alpha value is -1.43. The zero-order chi connectivity index (χ0) is 14.7. The molecule has 2 aliphatic rings. The van der Waals surface area contributed by atoms with Crippen LogP contribution in [0, 0.1) is 17.8 Å². The molecule has 2 heterocycles. The smallest absolute Gasteiger partial charge is 0.226 e. The van der Waals surface area contributed by atoms with Gasteiger partial charge in [0, 0.05) is 25.6 Å². The van der Waals surface area contributed by atoms with Crippen molar-refractivity contribution in [3.8, 4) is 0 Å². The minimum Gasteiger partial charge on any atom is -0.342 e. The average Bonchev–Trinajstić information content (AvgIpc) is 3.17. The van der Waals surface area contributed by atoms with Gasteiger partial charge in [-0.1, -0.05) is 6.42 Å². The molecule has 0 radical (unpaired) electrons. The summed E-state index contributed by atoms with van der Waals surface area (Å²) in [5, 5.41) is 4.17. The van der Waals surface area contributed by atoms with E-state index in [1.54, 1.807) is 12.7 Å². The molecule has 0 spiro atoms. The highest BCUT2D eigenvalue weighted by Gasteiger charge is 2.36. The molecule has 21 heavy (non-hydrogen) atoms. The summed E-state index contributed by atoms with van der Waals surface area (Å²) in [4.78, 5) is 18.8. The number of hydrogen-bond donors (Lipinski definition) is 1. The molecule has 1 unspecified atom stereocenters. The average molecular weight is 291 g/mol. The van der Waals surface area contributed by atoms with Crippen LogP contribution in [0.5, 0.6) is 0 Å². The van der Waals surface area contributed by atoms with E-state index in [4.69, 9.17) is 5.73 Å². The second kappa shape index (κ2) is 6.56. The number of nitrogens with zero attached hydrogens (tertiary/aromatic N) is 4. The number of nitrogens with two attached hydrogens (primary N) is 1. The fourth-order valence-electron chi connectivity index (χ4n) is 3.88. The normalized spacial score (nSPS) is 29.8. The van der Waals surface area contributed by atoms with Crippen LogP contribution in [0.3, 0.4) is 0 Å². The van der Waals surface area contributed by atoms with Crippen molar-refractivity contribution in [1.82, 2.24) is 19.7 Å². The fourth-order valence-corrected chi connectivity index (χ4v) is 3.88. The van der Waals surface area contributed by atoms with Gasteiger partial charge in [-0.25, -0.2) is 4.98 Å². The lowest BCUT2D eigenvalue weighted by molar-refractivity contribution is -0.138. The van der Waals surface area contributed by atoms with Crippen LogP contribution in [-0.4, -0.2) is 45.2 Å². The van der Waals surface area contributed by atoms with Crippen molar-refractivity contribution in [3.05, 3.63) is 12.7 Å². The molecular formula is C15H25N5O. The van der Waals surface area contributed by atoms with Gasteiger partial charge in [0.15, 0.2) is 0 Å². The molecular weight excluding hydrogens is 266 g/mol. The summed E-state index contributed by atoms with van der Waals surface area (Å²) in [6, 6.07) is 0. The Morgan fingerprint density at radius 1 is 1.29 bits per heavy atom. The van der Waals surface area contributed by atoms with E-state index in [1.807, 2.05) is 4.68 Å². The van der Waals surface area contributed by atoms with Gasteiger partial charge in [-0.2, -0.15) is 5.10 Å². The molecule has 2 fully saturated rings. The van der Waals surface area contributed by atoms with Gasteiger partial charge in [-0.3, -0.25) is 9.48 Å². The van der Waals surface area contributed by atoms with Gasteiger partial charge in [-0.15, -0.1) is 0 Å². The Labute approximate surface area is 125 Å². The quantitative estimate of drug-likeness (QED) is 0.894. The van der Waals surface area contributed by atoms with Crippen molar-refractivity contribution in [2.24, 2.45) is 23.5 Å². The number of carbonyl (C=O) groups is 1. The van der Waals surface area contributed by atoms with E-state index in [0.717, 1.165) is 51.7 Å². The first-order chi connectivity index (χ1) is 10.3. The van der Waals surface area contributed by atoms with Crippen molar-refractivity contribution in [2.75, 3.05) is 19.6 Å². The van der Waals surface area contributed by atoms with Crippen molar-refractivity contribution in [2.45, 2.75) is 38.6 Å². The predicted octanol–water partition coefficient (Wildman–Crippen LogP) is 0.892. The van der Waals surface area contributed by atoms with E-state index in [2.05, 4.69) is 15.0 Å². The lowest BCUT2D eigenvalue weighted by Crippen LogP contribution is -2.45. The Bertz CT molecular complexity index is 461. The SMILES string of the molecule is NC[C@H]1CCC[C@H]1C(=O)N1CCCC(Cn2cncn2)C1. The van der Waals surface area contributed by atoms with Gasteiger partial charge in [-0.05, 0) is 44.1 Å². The summed E-state index contributed by atoms with van der Waals surface area (Å²) in [6.45, 7) is 3.26. The van der Waals surface area contributed by atoms with Crippen LogP contribution < -0.4 is 5.73 Å². The van der Waals surface area contributed by atoms with Gasteiger partial charge in [0.2, 0.25) is 5.91 Å². The second-order valence-electron chi connectivity index (χ2n) is 6.44. The third-order valence-corrected chi connectivity index (χ3v) is 5.02. The summed E-state index contributed by atoms with van der Waals surface area (Å²) >= 11 is 0. The maximum absolute atomic E-state index is 12.8. The van der Waals surface area contributed by atoms with Crippen LogP contribution in [0.4, 0.5) is 0 Å². The van der Waals surface area contributed by atoms with E-state index in [9.17, 15) is 4.79 Å². The number of rotatable bonds is 4. The Kier molecular flexibility index (Phi) is 4.53. The molecule has 6 heteroatoms. The summed E-state index contributed by atoms with van der Waals surface area (Å²) in [5.41, 5.74) is 5.82. The molecule has 2 N–H and O–H groups in total. The molecule has 1 aliphatic carbocycles. The van der Waals surface area contributed by atoms with Crippen LogP contribution in [0.15, 0.2) is 12.7 Å². The van der Waals surface area contributed by atoms with Crippen LogP contribution >= 0.6 is 0 Å². The number of aromatic nitrogens is 3. The molecule has 1 saturated carbocycles. The highest BCUT2D eigenvalue weighted by Crippen LogP contribution is 2.33. The van der Waals surface area contributed by atoms with Crippen LogP contribution in [0.1, 0.15) is 32.1 Å². The molecule has 3 atom stereocenters. The van der Waals surface area contributed by atoms with Gasteiger partial charge in [0.1, 0.15) is 12.7 Å². The number of piperidine rings is 1. The minimum absolute atomic E-state index is 0.167. The molecule has 1 saturated heterocycles. The third kappa shape index (κ3) is 3.26. The maximum Gasteiger partial charge on any atom is 0.226 e. The van der Waals surface area contributed by atoms with E-state index in [1.165, 1.54) is 0 Å². The second-order valence-corrected chi connectivity index (χ2v) is 6.44. The number of hydrogen-bond acceptors (Lipinski definition) is 4. The zero-order valence-electron chi connectivity index (χ0n) is 12.5. The molecule has 0 bridgehead atoms. The zero-order valence-corrected chi connectivity index (χ0v) is 12.5. The first kappa shape index (κ1) is 14.5. The van der Waals surface area contributed by atoms with Gasteiger partial charge < -0.3 is 10.6 Å². The maximum atomic E-state index is 12.8. The van der Waals surface area contributed by atoms with E-state index < -0.39 is 0 Å². The highest BCUT2D eigenvalue weighted by atomic mass is 16.2. The third-order valence-electron chi connectivity index (χ3n) is 5.02. The van der Waals surface area contributed by atoms with Crippen molar-refractivity contribution < 1.29 is 4.79 Å². The van der Waals surface area contributed by atoms with E-state index in [-0.39, 0.29) is 5.92 Å². The monoisotopic (exact) mass is 291 g/mol. The number of likely N-dealkylation sites (tertiary alicyclic amines) is 1. The van der Waals surface area contributed by atoms with Crippen LogP contribution in [0.25, 0.3) is 0 Å². The highest BCUT2D eigenvalue weighted by molar-refractivity contribution is 5.79. The standard InChI is InChI=1S/C15H25N5O/c16-7-13-4-1-5-14(13)15(21)19-6-2-3-12(8-19)9-20-11-17-10-18-20/h10-14H,1-9,16H2/t12?,13-,14-/m1/s1. The lowest BCUT2D eigenvalue weighted by Gasteiger charge is -2.35. The van der Waals surface area contributed by atoms with Crippen molar-refractivity contribution in [1.29, 1.82) is 0 Å². The van der Waals surface area contributed by atoms with Crippen LogP contribution in [0.2, 0.25) is 0 Å². The van der Waals surface area contributed by atoms with E-state index in [0.29, 0.717) is 24.3 Å². The molecule has 1 aliphatic heterocycles. The molecule has 3 rings (SSSR count). The first-order valence-electron chi connectivity index (χ1n) is 8.09. The minimum atomic E-state index is 0.167. The van der Waals surface area contributed by atoms with Gasteiger partial charge in [0.25, 0.3) is 0 Å². The fraction of sp³-hybridized carbons (Fsp3) is 0.800. The summed E-state index contributed by atoms with van der Waals surface area (Å²) in [6.07, 6.45) is 8.85. The molecule has 1 amide bonds. The van der Waals surface area contributed by atoms with Crippen molar-refractivity contribution >= 4 is 5.91 Å². The van der Waals surface area contributed by atoms with E-state index >= 15 is 0 Å². The summed E-state index contributed by atoms with van der Waals surface area (Å²) in [5.74, 6) is 1.39. The van der Waals surface area contributed by atoms with Crippen LogP contribution in [-0.2, 0) is 11.3 Å². The van der Waals surface area contributed by atoms with Gasteiger partial charge >= 0.3 is 0 Å². The molecule has 116 valence electrons. The molecule has 1 aromatic heterocycles. The Morgan fingerprint density at radius 3 is 2.95 bits per heavy atom. The predicted molar refractivity (Wildman–Crippen MR) is 79.2 cm³/mol. The molecule has 1 aromatic rings. The summed E-state index contributed by atoms with van der Waals surface area (Å²) < 4.78 is 1.87. The number of amides is 1. The lowest BCUT2D eigenvalue weighted by atomic mass is 9.92. The summed E-state index contributed by atoms with van der Waals surface area (Å²) in [7, 11) is 0. The molecule has 0 aromatic carbocycles. The topological polar surface area (TPSA) is 77.0 Å². The Balaban J connectivity index is 1.59. The van der Waals surface area contributed by atoms with Crippen molar-refractivity contribution in [3.63, 3.8) is 0 Å². The largest absolute Gasteiger partial charge is 0.342 e. The first-order valence-corrected chi connectivity index (χ1v) is 8.09. The molecule has 6 nitrogen and oxygen atoms in total. The van der Waals surface area contributed by atoms with Gasteiger partial charge in [0.05, 0.1) is 0 Å². The number of carbonyl (C=O) groups excluding carboxylic acids is 1.